The zero-order chi connectivity index (χ0) is 18.0. The van der Waals surface area contributed by atoms with E-state index in [1.165, 1.54) is 18.1 Å². The van der Waals surface area contributed by atoms with E-state index in [1.807, 2.05) is 18.2 Å². The quantitative estimate of drug-likeness (QED) is 0.514. The number of hydrogen-bond donors (Lipinski definition) is 1. The second-order valence-electron chi connectivity index (χ2n) is 6.52. The van der Waals surface area contributed by atoms with Gasteiger partial charge in [0.25, 0.3) is 0 Å². The van der Waals surface area contributed by atoms with Crippen molar-refractivity contribution in [1.29, 1.82) is 0 Å². The summed E-state index contributed by atoms with van der Waals surface area (Å²) in [4.78, 5) is 34.5. The van der Waals surface area contributed by atoms with Crippen molar-refractivity contribution in [3.05, 3.63) is 70.8 Å². The molecule has 0 fully saturated rings. The van der Waals surface area contributed by atoms with Crippen molar-refractivity contribution in [1.82, 2.24) is 0 Å². The summed E-state index contributed by atoms with van der Waals surface area (Å²) < 4.78 is 0. The molecule has 25 heavy (non-hydrogen) atoms. The summed E-state index contributed by atoms with van der Waals surface area (Å²) in [7, 11) is 0. The maximum atomic E-state index is 12.3. The summed E-state index contributed by atoms with van der Waals surface area (Å²) in [5.41, 5.74) is 4.22. The Morgan fingerprint density at radius 2 is 1.72 bits per heavy atom. The maximum Gasteiger partial charge on any atom is 0.372 e. The summed E-state index contributed by atoms with van der Waals surface area (Å²) in [6.45, 7) is 1.34. The minimum absolute atomic E-state index is 0.312. The van der Waals surface area contributed by atoms with Gasteiger partial charge >= 0.3 is 5.97 Å². The van der Waals surface area contributed by atoms with E-state index in [0.29, 0.717) is 11.5 Å². The normalized spacial score (nSPS) is 17.4. The van der Waals surface area contributed by atoms with Crippen LogP contribution in [0.4, 0.5) is 0 Å². The van der Waals surface area contributed by atoms with E-state index < -0.39 is 23.5 Å². The lowest BCUT2D eigenvalue weighted by molar-refractivity contribution is -0.150. The van der Waals surface area contributed by atoms with E-state index >= 15 is 0 Å². The first kappa shape index (κ1) is 17.1. The summed E-state index contributed by atoms with van der Waals surface area (Å²) in [5.74, 6) is -3.96. The average Bonchev–Trinajstić information content (AvgIpc) is 2.65. The highest BCUT2D eigenvalue weighted by atomic mass is 16.4. The second-order valence-corrected chi connectivity index (χ2v) is 6.52. The molecule has 128 valence electrons. The topological polar surface area (TPSA) is 71.4 Å². The van der Waals surface area contributed by atoms with Crippen molar-refractivity contribution in [3.8, 4) is 0 Å². The van der Waals surface area contributed by atoms with E-state index in [0.717, 1.165) is 24.8 Å². The van der Waals surface area contributed by atoms with Gasteiger partial charge in [-0.25, -0.2) is 4.79 Å². The average molecular weight is 336 g/mol. The lowest BCUT2D eigenvalue weighted by Crippen LogP contribution is -2.27. The summed E-state index contributed by atoms with van der Waals surface area (Å²) in [5, 5.41) is 8.75. The number of carbonyl (C=O) groups is 3. The van der Waals surface area contributed by atoms with E-state index in [9.17, 15) is 14.4 Å². The first-order chi connectivity index (χ1) is 12.0. The monoisotopic (exact) mass is 336 g/mol. The Morgan fingerprint density at radius 3 is 2.40 bits per heavy atom. The van der Waals surface area contributed by atoms with E-state index in [2.05, 4.69) is 18.2 Å². The number of fused-ring (bicyclic) bond motifs is 1. The highest BCUT2D eigenvalue weighted by Crippen LogP contribution is 2.36. The molecule has 1 aliphatic carbocycles. The molecule has 0 heterocycles. The molecule has 2 aromatic carbocycles. The summed E-state index contributed by atoms with van der Waals surface area (Å²) in [6, 6.07) is 15.7. The van der Waals surface area contributed by atoms with Crippen molar-refractivity contribution < 1.29 is 19.5 Å². The van der Waals surface area contributed by atoms with Gasteiger partial charge in [-0.15, -0.1) is 0 Å². The summed E-state index contributed by atoms with van der Waals surface area (Å²) in [6.07, 6.45) is 3.29. The number of ketones is 2. The molecule has 0 radical (unpaired) electrons. The third-order valence-corrected chi connectivity index (χ3v) is 4.96. The highest BCUT2D eigenvalue weighted by molar-refractivity contribution is 6.38. The van der Waals surface area contributed by atoms with Crippen LogP contribution in [0.1, 0.15) is 52.7 Å². The van der Waals surface area contributed by atoms with Gasteiger partial charge in [-0.05, 0) is 42.9 Å². The van der Waals surface area contributed by atoms with Crippen molar-refractivity contribution >= 4 is 17.5 Å². The molecule has 4 heteroatoms. The molecule has 0 aliphatic heterocycles. The van der Waals surface area contributed by atoms with Gasteiger partial charge in [-0.3, -0.25) is 9.59 Å². The fourth-order valence-corrected chi connectivity index (χ4v) is 3.53. The first-order valence-corrected chi connectivity index (χ1v) is 8.48. The SMILES string of the molecule is CC(C(=O)C(=O)O)C(=O)c1ccc(C2CCCc3ccccc32)cc1. The van der Waals surface area contributed by atoms with E-state index in [-0.39, 0.29) is 0 Å². The lowest BCUT2D eigenvalue weighted by atomic mass is 9.78. The van der Waals surface area contributed by atoms with Crippen LogP contribution in [-0.2, 0) is 16.0 Å². The molecule has 1 N–H and O–H groups in total. The molecule has 3 rings (SSSR count). The predicted octanol–water partition coefficient (Wildman–Crippen LogP) is 3.63. The van der Waals surface area contributed by atoms with Crippen LogP contribution in [0.3, 0.4) is 0 Å². The minimum atomic E-state index is -1.57. The number of benzene rings is 2. The predicted molar refractivity (Wildman–Crippen MR) is 93.8 cm³/mol. The molecule has 0 saturated carbocycles. The Kier molecular flexibility index (Phi) is 4.79. The van der Waals surface area contributed by atoms with Crippen LogP contribution >= 0.6 is 0 Å². The van der Waals surface area contributed by atoms with Crippen molar-refractivity contribution in [2.24, 2.45) is 5.92 Å². The standard InChI is InChI=1S/C21H20O4/c1-13(20(23)21(24)25)19(22)16-11-9-15(10-12-16)18-8-4-6-14-5-2-3-7-17(14)18/h2-3,5,7,9-13,18H,4,6,8H2,1H3,(H,24,25). The molecule has 0 bridgehead atoms. The third-order valence-electron chi connectivity index (χ3n) is 4.96. The zero-order valence-electron chi connectivity index (χ0n) is 14.1. The van der Waals surface area contributed by atoms with Crippen LogP contribution < -0.4 is 0 Å². The van der Waals surface area contributed by atoms with Gasteiger partial charge in [0, 0.05) is 11.5 Å². The molecular formula is C21H20O4. The second kappa shape index (κ2) is 7.01. The molecule has 2 unspecified atom stereocenters. The van der Waals surface area contributed by atoms with Gasteiger partial charge in [0.2, 0.25) is 5.78 Å². The summed E-state index contributed by atoms with van der Waals surface area (Å²) >= 11 is 0. The van der Waals surface area contributed by atoms with E-state index in [1.54, 1.807) is 12.1 Å². The van der Waals surface area contributed by atoms with Gasteiger partial charge in [-0.2, -0.15) is 0 Å². The molecule has 2 aromatic rings. The number of carboxylic acid groups (broad SMARTS) is 1. The molecule has 0 aromatic heterocycles. The van der Waals surface area contributed by atoms with Crippen molar-refractivity contribution in [2.45, 2.75) is 32.1 Å². The first-order valence-electron chi connectivity index (χ1n) is 8.48. The number of carboxylic acids is 1. The fourth-order valence-electron chi connectivity index (χ4n) is 3.53. The van der Waals surface area contributed by atoms with Gasteiger partial charge in [0.05, 0.1) is 5.92 Å². The number of rotatable bonds is 5. The number of Topliss-reactive ketones (excluding diaryl/α,β-unsaturated/α-hetero) is 2. The van der Waals surface area contributed by atoms with Crippen LogP contribution in [-0.4, -0.2) is 22.6 Å². The third kappa shape index (κ3) is 3.38. The van der Waals surface area contributed by atoms with Gasteiger partial charge in [-0.1, -0.05) is 48.5 Å². The number of hydrogen-bond acceptors (Lipinski definition) is 3. The van der Waals surface area contributed by atoms with Crippen LogP contribution in [0.25, 0.3) is 0 Å². The molecule has 4 nitrogen and oxygen atoms in total. The number of aliphatic carboxylic acids is 1. The van der Waals surface area contributed by atoms with Gasteiger partial charge in [0.1, 0.15) is 0 Å². The Labute approximate surface area is 146 Å². The zero-order valence-corrected chi connectivity index (χ0v) is 14.1. The fraction of sp³-hybridized carbons (Fsp3) is 0.286. The number of aryl methyl sites for hydroxylation is 1. The molecule has 1 aliphatic rings. The van der Waals surface area contributed by atoms with Gasteiger partial charge in [0.15, 0.2) is 5.78 Å². The smallest absolute Gasteiger partial charge is 0.372 e. The largest absolute Gasteiger partial charge is 0.475 e. The Hall–Kier alpha value is -2.75. The molecule has 2 atom stereocenters. The van der Waals surface area contributed by atoms with Gasteiger partial charge < -0.3 is 5.11 Å². The highest BCUT2D eigenvalue weighted by Gasteiger charge is 2.28. The van der Waals surface area contributed by atoms with Crippen LogP contribution in [0.15, 0.2) is 48.5 Å². The molecule has 0 saturated heterocycles. The van der Waals surface area contributed by atoms with Crippen molar-refractivity contribution in [2.75, 3.05) is 0 Å². The van der Waals surface area contributed by atoms with Crippen molar-refractivity contribution in [3.63, 3.8) is 0 Å². The van der Waals surface area contributed by atoms with E-state index in [4.69, 9.17) is 5.11 Å². The lowest BCUT2D eigenvalue weighted by Gasteiger charge is -2.26. The Balaban J connectivity index is 1.83. The minimum Gasteiger partial charge on any atom is -0.475 e. The Bertz CT molecular complexity index is 820. The maximum absolute atomic E-state index is 12.3. The van der Waals surface area contributed by atoms with Crippen LogP contribution in [0, 0.1) is 5.92 Å². The Morgan fingerprint density at radius 1 is 1.04 bits per heavy atom. The molecule has 0 spiro atoms. The van der Waals surface area contributed by atoms with Crippen LogP contribution in [0.2, 0.25) is 0 Å². The number of carbonyl (C=O) groups excluding carboxylic acids is 2. The molecule has 0 amide bonds. The molecular weight excluding hydrogens is 316 g/mol. The van der Waals surface area contributed by atoms with Crippen LogP contribution in [0.5, 0.6) is 0 Å².